The second-order valence-electron chi connectivity index (χ2n) is 8.32. The van der Waals surface area contributed by atoms with Crippen molar-refractivity contribution in [1.82, 2.24) is 5.32 Å². The zero-order valence-electron chi connectivity index (χ0n) is 17.5. The number of ether oxygens (including phenoxy) is 1. The summed E-state index contributed by atoms with van der Waals surface area (Å²) in [5.41, 5.74) is 5.06. The summed E-state index contributed by atoms with van der Waals surface area (Å²) in [5, 5.41) is 3.07. The van der Waals surface area contributed by atoms with Gasteiger partial charge in [-0.25, -0.2) is 0 Å². The maximum absolute atomic E-state index is 12.4. The third-order valence-electron chi connectivity index (χ3n) is 6.20. The van der Waals surface area contributed by atoms with E-state index < -0.39 is 0 Å². The summed E-state index contributed by atoms with van der Waals surface area (Å²) in [6, 6.07) is 14.8. The highest BCUT2D eigenvalue weighted by Gasteiger charge is 2.16. The van der Waals surface area contributed by atoms with E-state index in [-0.39, 0.29) is 18.6 Å². The molecule has 1 N–H and O–H groups in total. The van der Waals surface area contributed by atoms with Crippen molar-refractivity contribution < 1.29 is 9.53 Å². The normalized spacial score (nSPS) is 17.3. The minimum atomic E-state index is -0.0778. The van der Waals surface area contributed by atoms with Crippen molar-refractivity contribution >= 4 is 11.6 Å². The van der Waals surface area contributed by atoms with Crippen molar-refractivity contribution in [1.29, 1.82) is 0 Å². The predicted octanol–water partition coefficient (Wildman–Crippen LogP) is 4.81. The average Bonchev–Trinajstić information content (AvgIpc) is 2.78. The smallest absolute Gasteiger partial charge is 0.258 e. The summed E-state index contributed by atoms with van der Waals surface area (Å²) in [7, 11) is 0. The summed E-state index contributed by atoms with van der Waals surface area (Å²) in [5.74, 6) is 0.793. The molecule has 2 aromatic carbocycles. The molecule has 2 aromatic rings. The molecular formula is C25H32N2O2. The number of anilines is 1. The molecule has 154 valence electrons. The minimum absolute atomic E-state index is 0.0359. The number of piperidine rings is 1. The molecule has 0 saturated carbocycles. The molecule has 1 atom stereocenters. The van der Waals surface area contributed by atoms with Crippen LogP contribution in [-0.2, 0) is 17.6 Å². The van der Waals surface area contributed by atoms with Crippen molar-refractivity contribution in [2.24, 2.45) is 0 Å². The number of amides is 1. The van der Waals surface area contributed by atoms with Gasteiger partial charge in [0.25, 0.3) is 5.91 Å². The van der Waals surface area contributed by atoms with Crippen molar-refractivity contribution in [3.05, 3.63) is 59.2 Å². The monoisotopic (exact) mass is 392 g/mol. The van der Waals surface area contributed by atoms with Crippen LogP contribution in [0.3, 0.4) is 0 Å². The molecule has 0 unspecified atom stereocenters. The van der Waals surface area contributed by atoms with Gasteiger partial charge in [0.15, 0.2) is 6.61 Å². The fraction of sp³-hybridized carbons (Fsp3) is 0.480. The number of carbonyl (C=O) groups excluding carboxylic acids is 1. The van der Waals surface area contributed by atoms with Crippen LogP contribution in [0.5, 0.6) is 5.75 Å². The summed E-state index contributed by atoms with van der Waals surface area (Å²) in [4.78, 5) is 14.9. The van der Waals surface area contributed by atoms with Gasteiger partial charge in [-0.05, 0) is 86.8 Å². The first-order chi connectivity index (χ1) is 14.2. The lowest BCUT2D eigenvalue weighted by Crippen LogP contribution is -2.31. The lowest BCUT2D eigenvalue weighted by molar-refractivity contribution is -0.123. The van der Waals surface area contributed by atoms with Gasteiger partial charge in [0.2, 0.25) is 0 Å². The van der Waals surface area contributed by atoms with E-state index in [1.165, 1.54) is 48.9 Å². The minimum Gasteiger partial charge on any atom is -0.483 e. The molecule has 1 heterocycles. The van der Waals surface area contributed by atoms with Crippen LogP contribution in [0.2, 0.25) is 0 Å². The number of carbonyl (C=O) groups is 1. The van der Waals surface area contributed by atoms with Gasteiger partial charge >= 0.3 is 0 Å². The Labute approximate surface area is 174 Å². The van der Waals surface area contributed by atoms with Crippen LogP contribution in [0.4, 0.5) is 5.69 Å². The number of benzene rings is 2. The van der Waals surface area contributed by atoms with Gasteiger partial charge in [-0.3, -0.25) is 4.79 Å². The Hall–Kier alpha value is -2.49. The summed E-state index contributed by atoms with van der Waals surface area (Å²) >= 11 is 0. The summed E-state index contributed by atoms with van der Waals surface area (Å²) in [6.45, 7) is 4.38. The van der Waals surface area contributed by atoms with Gasteiger partial charge < -0.3 is 15.0 Å². The highest BCUT2D eigenvalue weighted by molar-refractivity contribution is 5.78. The fourth-order valence-corrected chi connectivity index (χ4v) is 4.52. The second-order valence-corrected chi connectivity index (χ2v) is 8.32. The molecule has 0 radical (unpaired) electrons. The summed E-state index contributed by atoms with van der Waals surface area (Å²) in [6.07, 6.45) is 8.49. The maximum Gasteiger partial charge on any atom is 0.258 e. The van der Waals surface area contributed by atoms with E-state index in [0.29, 0.717) is 0 Å². The van der Waals surface area contributed by atoms with Crippen LogP contribution in [0.1, 0.15) is 61.8 Å². The molecule has 4 rings (SSSR count). The molecule has 1 aliphatic carbocycles. The Morgan fingerprint density at radius 1 is 1.00 bits per heavy atom. The third-order valence-corrected chi connectivity index (χ3v) is 6.20. The van der Waals surface area contributed by atoms with Crippen LogP contribution in [0.15, 0.2) is 42.5 Å². The molecule has 0 aromatic heterocycles. The number of rotatable bonds is 6. The van der Waals surface area contributed by atoms with Crippen LogP contribution in [0, 0.1) is 0 Å². The van der Waals surface area contributed by atoms with Gasteiger partial charge in [0.05, 0.1) is 6.04 Å². The highest BCUT2D eigenvalue weighted by atomic mass is 16.5. The lowest BCUT2D eigenvalue weighted by Gasteiger charge is -2.29. The van der Waals surface area contributed by atoms with Crippen molar-refractivity contribution in [2.45, 2.75) is 57.9 Å². The number of hydrogen-bond acceptors (Lipinski definition) is 3. The molecule has 2 aliphatic rings. The van der Waals surface area contributed by atoms with E-state index in [2.05, 4.69) is 40.5 Å². The number of nitrogens with one attached hydrogen (secondary N) is 1. The molecule has 4 nitrogen and oxygen atoms in total. The van der Waals surface area contributed by atoms with E-state index in [1.54, 1.807) is 0 Å². The van der Waals surface area contributed by atoms with Gasteiger partial charge in [-0.1, -0.05) is 24.3 Å². The molecule has 1 aliphatic heterocycles. The average molecular weight is 393 g/mol. The second kappa shape index (κ2) is 9.34. The van der Waals surface area contributed by atoms with Crippen LogP contribution >= 0.6 is 0 Å². The molecule has 0 spiro atoms. The Balaban J connectivity index is 1.30. The van der Waals surface area contributed by atoms with Crippen molar-refractivity contribution in [3.63, 3.8) is 0 Å². The topological polar surface area (TPSA) is 41.6 Å². The quantitative estimate of drug-likeness (QED) is 0.767. The SMILES string of the molecule is C[C@@H](NC(=O)COc1cccc2c1CCCC2)c1ccc(N2CCCCC2)cc1. The predicted molar refractivity (Wildman–Crippen MR) is 118 cm³/mol. The Kier molecular flexibility index (Phi) is 6.38. The maximum atomic E-state index is 12.4. The molecule has 0 bridgehead atoms. The molecule has 29 heavy (non-hydrogen) atoms. The van der Waals surface area contributed by atoms with Crippen LogP contribution in [-0.4, -0.2) is 25.6 Å². The van der Waals surface area contributed by atoms with Crippen molar-refractivity contribution in [3.8, 4) is 5.75 Å². The Morgan fingerprint density at radius 3 is 2.55 bits per heavy atom. The molecule has 1 amide bonds. The third kappa shape index (κ3) is 4.92. The van der Waals surface area contributed by atoms with Crippen molar-refractivity contribution in [2.75, 3.05) is 24.6 Å². The molecule has 1 saturated heterocycles. The van der Waals surface area contributed by atoms with E-state index in [4.69, 9.17) is 4.74 Å². The standard InChI is InChI=1S/C25H32N2O2/c1-19(20-12-14-22(15-13-20)27-16-5-2-6-17-27)26-25(28)18-29-24-11-7-9-21-8-3-4-10-23(21)24/h7,9,11-15,19H,2-6,8,10,16-18H2,1H3,(H,26,28)/t19-/m1/s1. The zero-order chi connectivity index (χ0) is 20.1. The zero-order valence-corrected chi connectivity index (χ0v) is 17.5. The largest absolute Gasteiger partial charge is 0.483 e. The van der Waals surface area contributed by atoms with Gasteiger partial charge in [-0.15, -0.1) is 0 Å². The first kappa shape index (κ1) is 19.8. The van der Waals surface area contributed by atoms with Crippen LogP contribution < -0.4 is 15.0 Å². The first-order valence-corrected chi connectivity index (χ1v) is 11.1. The molecule has 4 heteroatoms. The van der Waals surface area contributed by atoms with Gasteiger partial charge in [0, 0.05) is 18.8 Å². The number of fused-ring (bicyclic) bond motifs is 1. The van der Waals surface area contributed by atoms with E-state index in [1.807, 2.05) is 19.1 Å². The summed E-state index contributed by atoms with van der Waals surface area (Å²) < 4.78 is 5.88. The van der Waals surface area contributed by atoms with Crippen LogP contribution in [0.25, 0.3) is 0 Å². The van der Waals surface area contributed by atoms with Gasteiger partial charge in [-0.2, -0.15) is 0 Å². The molecular weight excluding hydrogens is 360 g/mol. The highest BCUT2D eigenvalue weighted by Crippen LogP contribution is 2.29. The number of aryl methyl sites for hydroxylation is 1. The van der Waals surface area contributed by atoms with E-state index in [9.17, 15) is 4.79 Å². The Morgan fingerprint density at radius 2 is 1.76 bits per heavy atom. The fourth-order valence-electron chi connectivity index (χ4n) is 4.52. The Bertz CT molecular complexity index is 825. The number of nitrogens with zero attached hydrogens (tertiary/aromatic N) is 1. The molecule has 1 fully saturated rings. The first-order valence-electron chi connectivity index (χ1n) is 11.1. The van der Waals surface area contributed by atoms with E-state index in [0.717, 1.165) is 37.2 Å². The lowest BCUT2D eigenvalue weighted by atomic mass is 9.91. The number of hydrogen-bond donors (Lipinski definition) is 1. The van der Waals surface area contributed by atoms with Gasteiger partial charge in [0.1, 0.15) is 5.75 Å². The van der Waals surface area contributed by atoms with E-state index >= 15 is 0 Å².